The average molecular weight is 276 g/mol. The fourth-order valence-electron chi connectivity index (χ4n) is 1.66. The van der Waals surface area contributed by atoms with Crippen LogP contribution in [0.4, 0.5) is 15.8 Å². The molecule has 2 aromatic rings. The first kappa shape index (κ1) is 13.7. The van der Waals surface area contributed by atoms with Crippen LogP contribution in [0.25, 0.3) is 0 Å². The first-order valence-electron chi connectivity index (χ1n) is 5.75. The van der Waals surface area contributed by atoms with Crippen LogP contribution in [0.15, 0.2) is 36.4 Å². The van der Waals surface area contributed by atoms with E-state index in [0.29, 0.717) is 5.75 Å². The topological polar surface area (TPSA) is 84.6 Å². The second-order valence-electron chi connectivity index (χ2n) is 4.04. The Morgan fingerprint density at radius 3 is 2.80 bits per heavy atom. The lowest BCUT2D eigenvalue weighted by atomic mass is 10.1. The van der Waals surface area contributed by atoms with Crippen molar-refractivity contribution in [2.75, 3.05) is 18.2 Å². The first-order chi connectivity index (χ1) is 9.52. The van der Waals surface area contributed by atoms with Gasteiger partial charge in [0.15, 0.2) is 5.75 Å². The Labute approximate surface area is 114 Å². The van der Waals surface area contributed by atoms with Gasteiger partial charge in [0.25, 0.3) is 5.91 Å². The van der Waals surface area contributed by atoms with Crippen molar-refractivity contribution in [3.63, 3.8) is 0 Å². The van der Waals surface area contributed by atoms with E-state index in [-0.39, 0.29) is 22.7 Å². The summed E-state index contributed by atoms with van der Waals surface area (Å²) in [7, 11) is 1.43. The minimum absolute atomic E-state index is 0.0350. The van der Waals surface area contributed by atoms with Gasteiger partial charge in [0.05, 0.1) is 24.0 Å². The van der Waals surface area contributed by atoms with Crippen LogP contribution < -0.4 is 15.8 Å². The number of carbonyl (C=O) groups is 1. The molecule has 0 aromatic heterocycles. The second kappa shape index (κ2) is 5.48. The molecule has 0 aliphatic heterocycles. The van der Waals surface area contributed by atoms with Crippen molar-refractivity contribution in [1.29, 1.82) is 0 Å². The third-order valence-corrected chi connectivity index (χ3v) is 2.73. The zero-order chi connectivity index (χ0) is 14.7. The highest BCUT2D eigenvalue weighted by Gasteiger charge is 2.15. The number of rotatable bonds is 3. The number of aromatic hydroxyl groups is 1. The molecular formula is C14H13FN2O3. The third kappa shape index (κ3) is 2.64. The molecular weight excluding hydrogens is 263 g/mol. The van der Waals surface area contributed by atoms with Gasteiger partial charge in [-0.3, -0.25) is 4.79 Å². The summed E-state index contributed by atoms with van der Waals surface area (Å²) in [5, 5.41) is 12.1. The number of para-hydroxylation sites is 1. The maximum absolute atomic E-state index is 13.6. The SMILES string of the molecule is COc1ccc(F)c(NC(=O)c2cccc(N)c2O)c1. The number of hydrogen-bond donors (Lipinski definition) is 3. The molecule has 6 heteroatoms. The van der Waals surface area contributed by atoms with Crippen LogP contribution in [0.1, 0.15) is 10.4 Å². The van der Waals surface area contributed by atoms with Gasteiger partial charge in [0.2, 0.25) is 0 Å². The van der Waals surface area contributed by atoms with E-state index in [1.54, 1.807) is 0 Å². The lowest BCUT2D eigenvalue weighted by molar-refractivity contribution is 0.102. The van der Waals surface area contributed by atoms with Crippen LogP contribution in [-0.4, -0.2) is 18.1 Å². The molecule has 1 amide bonds. The molecule has 0 aliphatic rings. The summed E-state index contributed by atoms with van der Waals surface area (Å²) >= 11 is 0. The predicted octanol–water partition coefficient (Wildman–Crippen LogP) is 2.37. The first-order valence-corrected chi connectivity index (χ1v) is 5.75. The largest absolute Gasteiger partial charge is 0.505 e. The highest BCUT2D eigenvalue weighted by atomic mass is 19.1. The van der Waals surface area contributed by atoms with Gasteiger partial charge < -0.3 is 20.9 Å². The molecule has 0 heterocycles. The number of nitrogen functional groups attached to an aromatic ring is 1. The minimum atomic E-state index is -0.665. The monoisotopic (exact) mass is 276 g/mol. The highest BCUT2D eigenvalue weighted by Crippen LogP contribution is 2.26. The Balaban J connectivity index is 2.30. The lowest BCUT2D eigenvalue weighted by Crippen LogP contribution is -2.13. The van der Waals surface area contributed by atoms with E-state index in [9.17, 15) is 14.3 Å². The summed E-state index contributed by atoms with van der Waals surface area (Å²) in [6, 6.07) is 8.32. The summed E-state index contributed by atoms with van der Waals surface area (Å²) in [6.07, 6.45) is 0. The van der Waals surface area contributed by atoms with Crippen molar-refractivity contribution in [2.45, 2.75) is 0 Å². The standard InChI is InChI=1S/C14H13FN2O3/c1-20-8-5-6-10(15)12(7-8)17-14(19)9-3-2-4-11(16)13(9)18/h2-7,18H,16H2,1H3,(H,17,19). The Morgan fingerprint density at radius 1 is 1.35 bits per heavy atom. The predicted molar refractivity (Wildman–Crippen MR) is 73.4 cm³/mol. The van der Waals surface area contributed by atoms with Crippen LogP contribution in [0, 0.1) is 5.82 Å². The normalized spacial score (nSPS) is 10.1. The molecule has 0 bridgehead atoms. The third-order valence-electron chi connectivity index (χ3n) is 2.73. The van der Waals surface area contributed by atoms with Crippen LogP contribution in [0.2, 0.25) is 0 Å². The minimum Gasteiger partial charge on any atom is -0.505 e. The van der Waals surface area contributed by atoms with Crippen LogP contribution in [0.5, 0.6) is 11.5 Å². The van der Waals surface area contributed by atoms with Gasteiger partial charge in [-0.05, 0) is 24.3 Å². The van der Waals surface area contributed by atoms with E-state index in [1.807, 2.05) is 0 Å². The fraction of sp³-hybridized carbons (Fsp3) is 0.0714. The zero-order valence-corrected chi connectivity index (χ0v) is 10.7. The Morgan fingerprint density at radius 2 is 2.10 bits per heavy atom. The van der Waals surface area contributed by atoms with Crippen molar-refractivity contribution in [3.05, 3.63) is 47.8 Å². The van der Waals surface area contributed by atoms with Gasteiger partial charge in [-0.15, -0.1) is 0 Å². The van der Waals surface area contributed by atoms with Gasteiger partial charge in [-0.2, -0.15) is 0 Å². The van der Waals surface area contributed by atoms with Gasteiger partial charge in [-0.25, -0.2) is 4.39 Å². The highest BCUT2D eigenvalue weighted by molar-refractivity contribution is 6.07. The average Bonchev–Trinajstić information content (AvgIpc) is 2.44. The fourth-order valence-corrected chi connectivity index (χ4v) is 1.66. The Hall–Kier alpha value is -2.76. The molecule has 0 saturated heterocycles. The number of methoxy groups -OCH3 is 1. The molecule has 5 nitrogen and oxygen atoms in total. The smallest absolute Gasteiger partial charge is 0.259 e. The van der Waals surface area contributed by atoms with Crippen molar-refractivity contribution in [2.24, 2.45) is 0 Å². The number of halogens is 1. The van der Waals surface area contributed by atoms with E-state index in [4.69, 9.17) is 10.5 Å². The Kier molecular flexibility index (Phi) is 3.74. The summed E-state index contributed by atoms with van der Waals surface area (Å²) in [4.78, 5) is 12.0. The van der Waals surface area contributed by atoms with Gasteiger partial charge in [0.1, 0.15) is 11.6 Å². The van der Waals surface area contributed by atoms with E-state index in [0.717, 1.165) is 0 Å². The summed E-state index contributed by atoms with van der Waals surface area (Å²) < 4.78 is 18.6. The molecule has 0 fully saturated rings. The summed E-state index contributed by atoms with van der Waals surface area (Å²) in [6.45, 7) is 0. The number of benzene rings is 2. The van der Waals surface area contributed by atoms with Gasteiger partial charge >= 0.3 is 0 Å². The van der Waals surface area contributed by atoms with Gasteiger partial charge in [-0.1, -0.05) is 6.07 Å². The van der Waals surface area contributed by atoms with E-state index in [1.165, 1.54) is 43.5 Å². The molecule has 104 valence electrons. The van der Waals surface area contributed by atoms with Crippen LogP contribution in [-0.2, 0) is 0 Å². The number of carbonyl (C=O) groups excluding carboxylic acids is 1. The number of phenols is 1. The van der Waals surface area contributed by atoms with Crippen molar-refractivity contribution >= 4 is 17.3 Å². The maximum Gasteiger partial charge on any atom is 0.259 e. The van der Waals surface area contributed by atoms with Crippen molar-refractivity contribution in [1.82, 2.24) is 0 Å². The molecule has 0 saturated carbocycles. The maximum atomic E-state index is 13.6. The van der Waals surface area contributed by atoms with Crippen molar-refractivity contribution in [3.8, 4) is 11.5 Å². The van der Waals surface area contributed by atoms with E-state index in [2.05, 4.69) is 5.32 Å². The van der Waals surface area contributed by atoms with E-state index < -0.39 is 11.7 Å². The summed E-state index contributed by atoms with van der Waals surface area (Å²) in [5.74, 6) is -1.21. The van der Waals surface area contributed by atoms with Crippen LogP contribution in [0.3, 0.4) is 0 Å². The number of ether oxygens (including phenoxy) is 1. The molecule has 0 atom stereocenters. The number of phenolic OH excluding ortho intramolecular Hbond substituents is 1. The lowest BCUT2D eigenvalue weighted by Gasteiger charge is -2.10. The molecule has 0 spiro atoms. The van der Waals surface area contributed by atoms with Crippen LogP contribution >= 0.6 is 0 Å². The Bertz CT molecular complexity index is 659. The second-order valence-corrected chi connectivity index (χ2v) is 4.04. The number of nitrogens with one attached hydrogen (secondary N) is 1. The van der Waals surface area contributed by atoms with E-state index >= 15 is 0 Å². The number of amides is 1. The molecule has 0 radical (unpaired) electrons. The quantitative estimate of drug-likeness (QED) is 0.593. The number of anilines is 2. The summed E-state index contributed by atoms with van der Waals surface area (Å²) in [5.41, 5.74) is 5.50. The van der Waals surface area contributed by atoms with Gasteiger partial charge in [0, 0.05) is 6.07 Å². The molecule has 0 aliphatic carbocycles. The number of hydrogen-bond acceptors (Lipinski definition) is 4. The molecule has 2 rings (SSSR count). The van der Waals surface area contributed by atoms with Crippen molar-refractivity contribution < 1.29 is 19.0 Å². The molecule has 0 unspecified atom stereocenters. The molecule has 2 aromatic carbocycles. The zero-order valence-electron chi connectivity index (χ0n) is 10.7. The molecule has 4 N–H and O–H groups in total. The molecule has 20 heavy (non-hydrogen) atoms. The number of nitrogens with two attached hydrogens (primary N) is 1.